The molecule has 0 aliphatic heterocycles. The van der Waals surface area contributed by atoms with E-state index in [1.165, 1.54) is 6.07 Å². The van der Waals surface area contributed by atoms with Crippen LogP contribution >= 0.6 is 11.6 Å². The van der Waals surface area contributed by atoms with Gasteiger partial charge in [-0.1, -0.05) is 23.7 Å². The molecule has 0 aliphatic carbocycles. The molecule has 0 unspecified atom stereocenters. The van der Waals surface area contributed by atoms with Gasteiger partial charge in [0.25, 0.3) is 0 Å². The van der Waals surface area contributed by atoms with Crippen LogP contribution in [-0.2, 0) is 6.18 Å². The van der Waals surface area contributed by atoms with Crippen molar-refractivity contribution in [2.45, 2.75) is 13.1 Å². The molecular formula is C12H7ClF3NO3. The smallest absolute Gasteiger partial charge is 0.437 e. The van der Waals surface area contributed by atoms with E-state index in [0.717, 1.165) is 0 Å². The molecule has 0 amide bonds. The van der Waals surface area contributed by atoms with E-state index in [4.69, 9.17) is 21.1 Å². The molecule has 0 aliphatic rings. The van der Waals surface area contributed by atoms with E-state index >= 15 is 0 Å². The number of aryl methyl sites for hydroxylation is 1. The summed E-state index contributed by atoms with van der Waals surface area (Å²) in [6.45, 7) is 1.65. The van der Waals surface area contributed by atoms with E-state index in [1.807, 2.05) is 0 Å². The lowest BCUT2D eigenvalue weighted by molar-refractivity contribution is -0.141. The quantitative estimate of drug-likeness (QED) is 0.910. The van der Waals surface area contributed by atoms with Gasteiger partial charge in [-0.15, -0.1) is 0 Å². The lowest BCUT2D eigenvalue weighted by Gasteiger charge is -2.02. The van der Waals surface area contributed by atoms with E-state index in [1.54, 1.807) is 19.1 Å². The van der Waals surface area contributed by atoms with E-state index in [-0.39, 0.29) is 10.6 Å². The Morgan fingerprint density at radius 3 is 2.55 bits per heavy atom. The van der Waals surface area contributed by atoms with Crippen molar-refractivity contribution in [2.24, 2.45) is 0 Å². The predicted octanol–water partition coefficient (Wildman–Crippen LogP) is 4.02. The van der Waals surface area contributed by atoms with Gasteiger partial charge in [0.15, 0.2) is 5.69 Å². The van der Waals surface area contributed by atoms with Crippen molar-refractivity contribution in [1.82, 2.24) is 4.98 Å². The second kappa shape index (κ2) is 4.82. The number of aromatic carboxylic acids is 1. The summed E-state index contributed by atoms with van der Waals surface area (Å²) in [4.78, 5) is 14.0. The Morgan fingerprint density at radius 1 is 1.40 bits per heavy atom. The maximum Gasteiger partial charge on any atom is 0.437 e. The molecule has 1 aromatic heterocycles. The Hall–Kier alpha value is -2.02. The Balaban J connectivity index is 2.65. The van der Waals surface area contributed by atoms with Crippen LogP contribution in [0.3, 0.4) is 0 Å². The number of carboxylic acids is 1. The summed E-state index contributed by atoms with van der Waals surface area (Å²) in [6, 6.07) is 4.60. The molecule has 2 aromatic rings. The highest BCUT2D eigenvalue weighted by Gasteiger charge is 2.41. The Kier molecular flexibility index (Phi) is 3.47. The van der Waals surface area contributed by atoms with Gasteiger partial charge in [0.1, 0.15) is 0 Å². The van der Waals surface area contributed by atoms with Crippen LogP contribution in [0.1, 0.15) is 21.8 Å². The average molecular weight is 306 g/mol. The zero-order valence-electron chi connectivity index (χ0n) is 9.95. The average Bonchev–Trinajstić information content (AvgIpc) is 2.77. The first-order chi connectivity index (χ1) is 9.21. The standard InChI is InChI=1S/C12H7ClF3NO3/c1-5-3-2-4-6(7(5)13)10-17-9(12(14,15)16)8(20-10)11(18)19/h2-4H,1H3,(H,18,19). The minimum Gasteiger partial charge on any atom is -0.475 e. The number of halogens is 4. The zero-order valence-corrected chi connectivity index (χ0v) is 10.7. The van der Waals surface area contributed by atoms with Crippen LogP contribution in [0.4, 0.5) is 13.2 Å². The lowest BCUT2D eigenvalue weighted by Crippen LogP contribution is -2.11. The van der Waals surface area contributed by atoms with Crippen molar-refractivity contribution >= 4 is 17.6 Å². The number of oxazole rings is 1. The molecule has 106 valence electrons. The van der Waals surface area contributed by atoms with Gasteiger partial charge >= 0.3 is 12.1 Å². The van der Waals surface area contributed by atoms with Gasteiger partial charge in [0.2, 0.25) is 11.7 Å². The third-order valence-corrected chi connectivity index (χ3v) is 3.01. The van der Waals surface area contributed by atoms with Crippen LogP contribution in [0.5, 0.6) is 0 Å². The Labute approximate surface area is 115 Å². The van der Waals surface area contributed by atoms with Gasteiger partial charge in [-0.2, -0.15) is 13.2 Å². The number of hydrogen-bond donors (Lipinski definition) is 1. The fourth-order valence-electron chi connectivity index (χ4n) is 1.59. The fraction of sp³-hybridized carbons (Fsp3) is 0.167. The number of hydrogen-bond acceptors (Lipinski definition) is 3. The van der Waals surface area contributed by atoms with Gasteiger partial charge in [-0.3, -0.25) is 0 Å². The van der Waals surface area contributed by atoms with Gasteiger partial charge in [0, 0.05) is 0 Å². The lowest BCUT2D eigenvalue weighted by atomic mass is 10.1. The Morgan fingerprint density at radius 2 is 2.05 bits per heavy atom. The molecule has 1 aromatic carbocycles. The highest BCUT2D eigenvalue weighted by molar-refractivity contribution is 6.33. The first kappa shape index (κ1) is 14.4. The van der Waals surface area contributed by atoms with Gasteiger partial charge in [-0.05, 0) is 18.6 Å². The van der Waals surface area contributed by atoms with Crippen LogP contribution in [0.15, 0.2) is 22.6 Å². The molecule has 0 fully saturated rings. The number of carbonyl (C=O) groups is 1. The summed E-state index contributed by atoms with van der Waals surface area (Å²) in [5, 5.41) is 8.90. The molecule has 0 spiro atoms. The molecule has 20 heavy (non-hydrogen) atoms. The van der Waals surface area contributed by atoms with Gasteiger partial charge < -0.3 is 9.52 Å². The molecule has 0 saturated carbocycles. The number of carboxylic acid groups (broad SMARTS) is 1. The molecule has 1 N–H and O–H groups in total. The number of rotatable bonds is 2. The fourth-order valence-corrected chi connectivity index (χ4v) is 1.79. The summed E-state index contributed by atoms with van der Waals surface area (Å²) in [7, 11) is 0. The summed E-state index contributed by atoms with van der Waals surface area (Å²) in [6.07, 6.45) is -4.92. The second-order valence-electron chi connectivity index (χ2n) is 3.94. The molecule has 8 heteroatoms. The molecule has 1 heterocycles. The van der Waals surface area contributed by atoms with E-state index in [2.05, 4.69) is 4.98 Å². The number of alkyl halides is 3. The highest BCUT2D eigenvalue weighted by Crippen LogP contribution is 2.36. The molecule has 0 saturated heterocycles. The molecule has 2 rings (SSSR count). The van der Waals surface area contributed by atoms with Crippen molar-refractivity contribution in [2.75, 3.05) is 0 Å². The highest BCUT2D eigenvalue weighted by atomic mass is 35.5. The maximum absolute atomic E-state index is 12.7. The summed E-state index contributed by atoms with van der Waals surface area (Å²) >= 11 is 5.95. The molecule has 0 atom stereocenters. The van der Waals surface area contributed by atoms with Crippen molar-refractivity contribution in [3.8, 4) is 11.5 Å². The Bertz CT molecular complexity index is 679. The van der Waals surface area contributed by atoms with E-state index in [0.29, 0.717) is 5.56 Å². The number of nitrogens with zero attached hydrogens (tertiary/aromatic N) is 1. The first-order valence-corrected chi connectivity index (χ1v) is 5.66. The maximum atomic E-state index is 12.7. The topological polar surface area (TPSA) is 63.3 Å². The SMILES string of the molecule is Cc1cccc(-c2nc(C(F)(F)F)c(C(=O)O)o2)c1Cl. The normalized spacial score (nSPS) is 11.7. The van der Waals surface area contributed by atoms with E-state index < -0.39 is 29.5 Å². The van der Waals surface area contributed by atoms with Crippen molar-refractivity contribution < 1.29 is 27.5 Å². The summed E-state index contributed by atoms with van der Waals surface area (Å²) < 4.78 is 42.8. The van der Waals surface area contributed by atoms with Crippen LogP contribution in [0.2, 0.25) is 5.02 Å². The van der Waals surface area contributed by atoms with Crippen LogP contribution in [0.25, 0.3) is 11.5 Å². The summed E-state index contributed by atoms with van der Waals surface area (Å²) in [5.41, 5.74) is -0.880. The predicted molar refractivity (Wildman–Crippen MR) is 63.6 cm³/mol. The third-order valence-electron chi connectivity index (χ3n) is 2.51. The van der Waals surface area contributed by atoms with E-state index in [9.17, 15) is 18.0 Å². The molecule has 4 nitrogen and oxygen atoms in total. The number of benzene rings is 1. The van der Waals surface area contributed by atoms with Crippen LogP contribution in [0, 0.1) is 6.92 Å². The van der Waals surface area contributed by atoms with Gasteiger partial charge in [-0.25, -0.2) is 9.78 Å². The minimum atomic E-state index is -4.92. The van der Waals surface area contributed by atoms with Crippen molar-refractivity contribution in [1.29, 1.82) is 0 Å². The monoisotopic (exact) mass is 305 g/mol. The van der Waals surface area contributed by atoms with Gasteiger partial charge in [0.05, 0.1) is 10.6 Å². The molecular weight excluding hydrogens is 299 g/mol. The van der Waals surface area contributed by atoms with Crippen molar-refractivity contribution in [3.05, 3.63) is 40.2 Å². The third kappa shape index (κ3) is 2.49. The van der Waals surface area contributed by atoms with Crippen LogP contribution < -0.4 is 0 Å². The molecule has 0 radical (unpaired) electrons. The van der Waals surface area contributed by atoms with Crippen molar-refractivity contribution in [3.63, 3.8) is 0 Å². The molecule has 0 bridgehead atoms. The minimum absolute atomic E-state index is 0.102. The number of aromatic nitrogens is 1. The largest absolute Gasteiger partial charge is 0.475 e. The summed E-state index contributed by atoms with van der Waals surface area (Å²) in [5.74, 6) is -3.59. The second-order valence-corrected chi connectivity index (χ2v) is 4.31. The van der Waals surface area contributed by atoms with Crippen LogP contribution in [-0.4, -0.2) is 16.1 Å². The zero-order chi connectivity index (χ0) is 15.1. The first-order valence-electron chi connectivity index (χ1n) is 5.28.